The van der Waals surface area contributed by atoms with E-state index in [0.29, 0.717) is 11.3 Å². The number of carbonyl (C=O) groups is 1. The van der Waals surface area contributed by atoms with Gasteiger partial charge in [0, 0.05) is 60.9 Å². The molecular weight excluding hydrogens is 410 g/mol. The van der Waals surface area contributed by atoms with Gasteiger partial charge in [0.2, 0.25) is 0 Å². The van der Waals surface area contributed by atoms with Crippen molar-refractivity contribution >= 4 is 23.0 Å². The van der Waals surface area contributed by atoms with E-state index in [1.807, 2.05) is 27.9 Å². The maximum Gasteiger partial charge on any atom is 0.340 e. The first-order chi connectivity index (χ1) is 15.7. The molecule has 0 aliphatic carbocycles. The summed E-state index contributed by atoms with van der Waals surface area (Å²) in [4.78, 5) is 17.5. The number of rotatable bonds is 6. The van der Waals surface area contributed by atoms with Crippen molar-refractivity contribution in [1.29, 1.82) is 0 Å². The lowest BCUT2D eigenvalue weighted by Crippen LogP contribution is -2.31. The summed E-state index contributed by atoms with van der Waals surface area (Å²) >= 11 is 0. The van der Waals surface area contributed by atoms with Crippen molar-refractivity contribution in [3.63, 3.8) is 0 Å². The quantitative estimate of drug-likeness (QED) is 0.416. The Hall–Kier alpha value is -3.47. The summed E-state index contributed by atoms with van der Waals surface area (Å²) in [6.07, 6.45) is 0. The molecule has 2 N–H and O–H groups in total. The number of nitrogens with zero attached hydrogens (tertiary/aromatic N) is 2. The number of hydrogen-bond donors (Lipinski definition) is 1. The highest BCUT2D eigenvalue weighted by atomic mass is 16.6. The minimum Gasteiger partial charge on any atom is -0.441 e. The molecule has 0 saturated carbocycles. The predicted molar refractivity (Wildman–Crippen MR) is 136 cm³/mol. The lowest BCUT2D eigenvalue weighted by atomic mass is 9.76. The van der Waals surface area contributed by atoms with Gasteiger partial charge < -0.3 is 20.3 Å². The highest BCUT2D eigenvalue weighted by Gasteiger charge is 2.50. The van der Waals surface area contributed by atoms with Gasteiger partial charge in [-0.3, -0.25) is 0 Å². The van der Waals surface area contributed by atoms with Crippen LogP contribution in [0.5, 0.6) is 0 Å². The molecule has 1 heterocycles. The third-order valence-electron chi connectivity index (χ3n) is 6.95. The third-order valence-corrected chi connectivity index (χ3v) is 6.95. The molecule has 0 aromatic heterocycles. The maximum atomic E-state index is 13.2. The maximum absolute atomic E-state index is 13.2. The number of carbonyl (C=O) groups excluding carboxylic acids is 1. The molecule has 5 nitrogen and oxygen atoms in total. The molecule has 1 unspecified atom stereocenters. The topological polar surface area (TPSA) is 58.8 Å². The Morgan fingerprint density at radius 3 is 1.85 bits per heavy atom. The van der Waals surface area contributed by atoms with E-state index < -0.39 is 5.60 Å². The number of cyclic esters (lactones) is 1. The van der Waals surface area contributed by atoms with E-state index >= 15 is 0 Å². The number of anilines is 3. The van der Waals surface area contributed by atoms with Crippen LogP contribution in [-0.2, 0) is 10.3 Å². The van der Waals surface area contributed by atoms with Crippen LogP contribution in [-0.4, -0.2) is 33.2 Å². The number of nitrogen functional groups attached to an aromatic ring is 1. The van der Waals surface area contributed by atoms with E-state index in [0.717, 1.165) is 52.3 Å². The highest BCUT2D eigenvalue weighted by Crippen LogP contribution is 2.50. The van der Waals surface area contributed by atoms with Crippen LogP contribution in [0.3, 0.4) is 0 Å². The van der Waals surface area contributed by atoms with Crippen LogP contribution in [0.15, 0.2) is 54.6 Å². The van der Waals surface area contributed by atoms with Crippen LogP contribution in [0.2, 0.25) is 0 Å². The van der Waals surface area contributed by atoms with Crippen LogP contribution >= 0.6 is 0 Å². The molecule has 4 rings (SSSR count). The van der Waals surface area contributed by atoms with Crippen molar-refractivity contribution in [2.75, 3.05) is 42.7 Å². The van der Waals surface area contributed by atoms with E-state index in [4.69, 9.17) is 10.5 Å². The Kier molecular flexibility index (Phi) is 5.83. The zero-order chi connectivity index (χ0) is 23.9. The van der Waals surface area contributed by atoms with Crippen molar-refractivity contribution in [2.24, 2.45) is 0 Å². The molecule has 5 heteroatoms. The molecular formula is C28H33N3O2. The normalized spacial score (nSPS) is 17.0. The number of nitrogens with two attached hydrogens (primary N) is 1. The molecule has 0 fully saturated rings. The second kappa shape index (κ2) is 8.47. The minimum atomic E-state index is -1.03. The Balaban J connectivity index is 1.99. The number of fused-ring (bicyclic) bond motifs is 1. The summed E-state index contributed by atoms with van der Waals surface area (Å²) in [5.41, 5.74) is 13.3. The molecule has 1 aliphatic heterocycles. The molecule has 3 aromatic carbocycles. The van der Waals surface area contributed by atoms with Gasteiger partial charge in [-0.15, -0.1) is 0 Å². The highest BCUT2D eigenvalue weighted by molar-refractivity contribution is 5.98. The van der Waals surface area contributed by atoms with Crippen LogP contribution in [0.25, 0.3) is 0 Å². The fourth-order valence-corrected chi connectivity index (χ4v) is 4.86. The molecule has 33 heavy (non-hydrogen) atoms. The molecule has 0 bridgehead atoms. The number of benzene rings is 3. The average molecular weight is 444 g/mol. The molecule has 0 spiro atoms. The second-order valence-electron chi connectivity index (χ2n) is 8.87. The van der Waals surface area contributed by atoms with Crippen LogP contribution < -0.4 is 15.5 Å². The molecule has 3 aromatic rings. The van der Waals surface area contributed by atoms with Crippen LogP contribution in [0.1, 0.15) is 52.0 Å². The Labute approximate surface area is 196 Å². The van der Waals surface area contributed by atoms with Gasteiger partial charge in [0.25, 0.3) is 0 Å². The largest absolute Gasteiger partial charge is 0.441 e. The molecule has 172 valence electrons. The summed E-state index contributed by atoms with van der Waals surface area (Å²) < 4.78 is 6.31. The van der Waals surface area contributed by atoms with Gasteiger partial charge in [0.05, 0.1) is 5.56 Å². The SMILES string of the molecule is CCN(CC)c1ccc(C2(c3ccc(N(C)C)cc3)OC(=O)c3cc(N)c(C)c(C)c32)cc1. The molecule has 0 radical (unpaired) electrons. The first kappa shape index (κ1) is 22.7. The number of hydrogen-bond acceptors (Lipinski definition) is 5. The van der Waals surface area contributed by atoms with E-state index in [-0.39, 0.29) is 5.97 Å². The summed E-state index contributed by atoms with van der Waals surface area (Å²) in [6.45, 7) is 10.2. The fraction of sp³-hybridized carbons (Fsp3) is 0.321. The summed E-state index contributed by atoms with van der Waals surface area (Å²) in [7, 11) is 4.02. The molecule has 1 aliphatic rings. The van der Waals surface area contributed by atoms with E-state index in [1.54, 1.807) is 6.07 Å². The smallest absolute Gasteiger partial charge is 0.340 e. The minimum absolute atomic E-state index is 0.343. The molecule has 0 amide bonds. The summed E-state index contributed by atoms with van der Waals surface area (Å²) in [5.74, 6) is -0.343. The van der Waals surface area contributed by atoms with Crippen molar-refractivity contribution in [2.45, 2.75) is 33.3 Å². The monoisotopic (exact) mass is 443 g/mol. The van der Waals surface area contributed by atoms with Gasteiger partial charge in [-0.25, -0.2) is 4.79 Å². The number of ether oxygens (including phenoxy) is 1. The van der Waals surface area contributed by atoms with Gasteiger partial charge in [0.15, 0.2) is 5.60 Å². The Bertz CT molecular complexity index is 1180. The standard InChI is InChI=1S/C28H33N3O2/c1-7-31(8-2)23-15-11-21(12-16-23)28(20-9-13-22(14-10-20)30(5)6)26-19(4)18(3)25(29)17-24(26)27(32)33-28/h9-17H,7-8,29H2,1-6H3. The fourth-order valence-electron chi connectivity index (χ4n) is 4.86. The zero-order valence-electron chi connectivity index (χ0n) is 20.4. The lowest BCUT2D eigenvalue weighted by Gasteiger charge is -2.33. The molecule has 1 atom stereocenters. The lowest BCUT2D eigenvalue weighted by molar-refractivity contribution is 0.0250. The Morgan fingerprint density at radius 1 is 0.848 bits per heavy atom. The van der Waals surface area contributed by atoms with Gasteiger partial charge in [-0.05, 0) is 69.2 Å². The average Bonchev–Trinajstić information content (AvgIpc) is 3.12. The first-order valence-electron chi connectivity index (χ1n) is 11.5. The van der Waals surface area contributed by atoms with Gasteiger partial charge >= 0.3 is 5.97 Å². The zero-order valence-corrected chi connectivity index (χ0v) is 20.4. The number of esters is 1. The van der Waals surface area contributed by atoms with E-state index in [1.165, 1.54) is 0 Å². The third kappa shape index (κ3) is 3.52. The van der Waals surface area contributed by atoms with Gasteiger partial charge in [-0.2, -0.15) is 0 Å². The van der Waals surface area contributed by atoms with Crippen molar-refractivity contribution < 1.29 is 9.53 Å². The van der Waals surface area contributed by atoms with Gasteiger partial charge in [-0.1, -0.05) is 24.3 Å². The summed E-state index contributed by atoms with van der Waals surface area (Å²) in [5, 5.41) is 0. The van der Waals surface area contributed by atoms with Crippen molar-refractivity contribution in [3.8, 4) is 0 Å². The first-order valence-corrected chi connectivity index (χ1v) is 11.5. The van der Waals surface area contributed by atoms with E-state index in [2.05, 4.69) is 72.2 Å². The Morgan fingerprint density at radius 2 is 1.36 bits per heavy atom. The van der Waals surface area contributed by atoms with Crippen LogP contribution in [0.4, 0.5) is 17.1 Å². The van der Waals surface area contributed by atoms with Crippen molar-refractivity contribution in [3.05, 3.63) is 88.0 Å². The van der Waals surface area contributed by atoms with E-state index in [9.17, 15) is 4.79 Å². The van der Waals surface area contributed by atoms with Crippen molar-refractivity contribution in [1.82, 2.24) is 0 Å². The molecule has 0 saturated heterocycles. The van der Waals surface area contributed by atoms with Gasteiger partial charge in [0.1, 0.15) is 0 Å². The second-order valence-corrected chi connectivity index (χ2v) is 8.87. The van der Waals surface area contributed by atoms with Crippen LogP contribution in [0, 0.1) is 13.8 Å². The summed E-state index contributed by atoms with van der Waals surface area (Å²) in [6, 6.07) is 18.4. The predicted octanol–water partition coefficient (Wildman–Crippen LogP) is 5.26.